The van der Waals surface area contributed by atoms with Crippen molar-refractivity contribution in [2.45, 2.75) is 19.5 Å². The lowest BCUT2D eigenvalue weighted by molar-refractivity contribution is 0.0600. The van der Waals surface area contributed by atoms with E-state index in [1.165, 1.54) is 12.7 Å². The number of carbonyl (C=O) groups is 1. The highest BCUT2D eigenvalue weighted by atomic mass is 79.9. The average Bonchev–Trinajstić information content (AvgIpc) is 2.44. The van der Waals surface area contributed by atoms with Crippen molar-refractivity contribution in [1.29, 1.82) is 0 Å². The number of carbonyl (C=O) groups excluding carboxylic acids is 1. The molecule has 20 heavy (non-hydrogen) atoms. The number of halogens is 1. The van der Waals surface area contributed by atoms with E-state index in [2.05, 4.69) is 39.7 Å². The van der Waals surface area contributed by atoms with Crippen molar-refractivity contribution in [1.82, 2.24) is 9.80 Å². The summed E-state index contributed by atoms with van der Waals surface area (Å²) >= 11 is 3.55. The Hall–Kier alpha value is -0.910. The Bertz CT molecular complexity index is 493. The number of hydrogen-bond acceptors (Lipinski definition) is 4. The second-order valence-electron chi connectivity index (χ2n) is 5.36. The molecule has 5 heteroatoms. The van der Waals surface area contributed by atoms with Gasteiger partial charge in [0.15, 0.2) is 0 Å². The minimum Gasteiger partial charge on any atom is -0.465 e. The van der Waals surface area contributed by atoms with Crippen LogP contribution in [0.5, 0.6) is 0 Å². The predicted octanol–water partition coefficient (Wildman–Crippen LogP) is 2.37. The molecule has 1 fully saturated rings. The van der Waals surface area contributed by atoms with Gasteiger partial charge in [-0.1, -0.05) is 22.0 Å². The topological polar surface area (TPSA) is 32.8 Å². The molecule has 1 aliphatic heterocycles. The molecule has 1 saturated heterocycles. The highest BCUT2D eigenvalue weighted by Gasteiger charge is 2.21. The lowest BCUT2D eigenvalue weighted by Crippen LogP contribution is -2.49. The molecule has 2 rings (SSSR count). The van der Waals surface area contributed by atoms with Gasteiger partial charge in [-0.15, -0.1) is 0 Å². The molecule has 0 aromatic heterocycles. The highest BCUT2D eigenvalue weighted by Crippen LogP contribution is 2.22. The van der Waals surface area contributed by atoms with Crippen LogP contribution in [0.1, 0.15) is 22.8 Å². The summed E-state index contributed by atoms with van der Waals surface area (Å²) in [6, 6.07) is 6.24. The van der Waals surface area contributed by atoms with Gasteiger partial charge in [0.05, 0.1) is 12.7 Å². The number of methoxy groups -OCH3 is 1. The summed E-state index contributed by atoms with van der Waals surface area (Å²) in [5.74, 6) is -0.300. The molecule has 0 bridgehead atoms. The van der Waals surface area contributed by atoms with Gasteiger partial charge in [0.2, 0.25) is 0 Å². The number of benzene rings is 1. The third kappa shape index (κ3) is 3.59. The van der Waals surface area contributed by atoms with Crippen LogP contribution in [0.15, 0.2) is 22.7 Å². The van der Waals surface area contributed by atoms with Gasteiger partial charge in [-0.3, -0.25) is 4.90 Å². The fourth-order valence-electron chi connectivity index (χ4n) is 2.43. The number of hydrogen-bond donors (Lipinski definition) is 0. The van der Waals surface area contributed by atoms with E-state index >= 15 is 0 Å². The summed E-state index contributed by atoms with van der Waals surface area (Å²) in [6.45, 7) is 6.40. The van der Waals surface area contributed by atoms with E-state index < -0.39 is 0 Å². The summed E-state index contributed by atoms with van der Waals surface area (Å²) in [5.41, 5.74) is 1.78. The van der Waals surface area contributed by atoms with Gasteiger partial charge in [-0.2, -0.15) is 0 Å². The van der Waals surface area contributed by atoms with Crippen molar-refractivity contribution in [3.05, 3.63) is 33.8 Å². The average molecular weight is 341 g/mol. The Morgan fingerprint density at radius 3 is 2.80 bits per heavy atom. The van der Waals surface area contributed by atoms with Crippen LogP contribution in [0.4, 0.5) is 0 Å². The van der Waals surface area contributed by atoms with Gasteiger partial charge in [0.1, 0.15) is 0 Å². The second-order valence-corrected chi connectivity index (χ2v) is 6.22. The lowest BCUT2D eigenvalue weighted by atomic mass is 10.1. The summed E-state index contributed by atoms with van der Waals surface area (Å²) in [4.78, 5) is 16.3. The number of nitrogens with zero attached hydrogens (tertiary/aromatic N) is 2. The van der Waals surface area contributed by atoms with Gasteiger partial charge in [0, 0.05) is 36.7 Å². The van der Waals surface area contributed by atoms with Crippen molar-refractivity contribution in [3.8, 4) is 0 Å². The Labute approximate surface area is 128 Å². The van der Waals surface area contributed by atoms with Crippen LogP contribution >= 0.6 is 15.9 Å². The molecule has 4 nitrogen and oxygen atoms in total. The molecule has 0 saturated carbocycles. The summed E-state index contributed by atoms with van der Waals surface area (Å²) in [5, 5.41) is 0. The number of esters is 1. The molecule has 1 unspecified atom stereocenters. The number of ether oxygens (including phenoxy) is 1. The van der Waals surface area contributed by atoms with Crippen molar-refractivity contribution < 1.29 is 9.53 Å². The molecule has 110 valence electrons. The molecule has 0 radical (unpaired) electrons. The molecule has 1 heterocycles. The third-order valence-corrected chi connectivity index (χ3v) is 4.65. The van der Waals surface area contributed by atoms with Crippen LogP contribution in [0, 0.1) is 0 Å². The maximum absolute atomic E-state index is 11.5. The first kappa shape index (κ1) is 15.5. The van der Waals surface area contributed by atoms with E-state index in [0.29, 0.717) is 11.6 Å². The summed E-state index contributed by atoms with van der Waals surface area (Å²) < 4.78 is 5.70. The van der Waals surface area contributed by atoms with Crippen LogP contribution < -0.4 is 0 Å². The van der Waals surface area contributed by atoms with Gasteiger partial charge < -0.3 is 9.64 Å². The maximum atomic E-state index is 11.5. The Morgan fingerprint density at radius 2 is 2.20 bits per heavy atom. The molecule has 1 atom stereocenters. The van der Waals surface area contributed by atoms with Crippen molar-refractivity contribution in [3.63, 3.8) is 0 Å². The second kappa shape index (κ2) is 6.70. The molecule has 0 amide bonds. The zero-order valence-corrected chi connectivity index (χ0v) is 13.8. The number of piperazine rings is 1. The summed E-state index contributed by atoms with van der Waals surface area (Å²) in [6.07, 6.45) is 0. The van der Waals surface area contributed by atoms with Crippen LogP contribution in [0.25, 0.3) is 0 Å². The quantitative estimate of drug-likeness (QED) is 0.791. The Kier molecular flexibility index (Phi) is 5.18. The van der Waals surface area contributed by atoms with Crippen molar-refractivity contribution >= 4 is 21.9 Å². The molecule has 0 spiro atoms. The molecule has 0 aliphatic carbocycles. The van der Waals surface area contributed by atoms with E-state index in [0.717, 1.165) is 30.7 Å². The third-order valence-electron chi connectivity index (χ3n) is 3.91. The first-order chi connectivity index (χ1) is 9.51. The lowest BCUT2D eigenvalue weighted by Gasteiger charge is -2.37. The Morgan fingerprint density at radius 1 is 1.45 bits per heavy atom. The van der Waals surface area contributed by atoms with Crippen LogP contribution in [0.2, 0.25) is 0 Å². The molecular formula is C15H21BrN2O2. The molecule has 1 aromatic carbocycles. The highest BCUT2D eigenvalue weighted by molar-refractivity contribution is 9.10. The zero-order valence-electron chi connectivity index (χ0n) is 12.2. The zero-order chi connectivity index (χ0) is 14.7. The van der Waals surface area contributed by atoms with Crippen molar-refractivity contribution in [2.75, 3.05) is 33.8 Å². The number of likely N-dealkylation sites (N-methyl/N-ethyl adjacent to an activating group) is 1. The normalized spacial score (nSPS) is 20.9. The van der Waals surface area contributed by atoms with Crippen LogP contribution in [-0.4, -0.2) is 55.6 Å². The van der Waals surface area contributed by atoms with Crippen LogP contribution in [0.3, 0.4) is 0 Å². The molecule has 0 N–H and O–H groups in total. The minimum absolute atomic E-state index is 0.300. The smallest absolute Gasteiger partial charge is 0.337 e. The molecule has 1 aromatic rings. The largest absolute Gasteiger partial charge is 0.465 e. The fourth-order valence-corrected chi connectivity index (χ4v) is 2.93. The first-order valence-electron chi connectivity index (χ1n) is 6.80. The van der Waals surface area contributed by atoms with Gasteiger partial charge in [0.25, 0.3) is 0 Å². The van der Waals surface area contributed by atoms with E-state index in [-0.39, 0.29) is 5.97 Å². The van der Waals surface area contributed by atoms with Crippen molar-refractivity contribution in [2.24, 2.45) is 0 Å². The van der Waals surface area contributed by atoms with Gasteiger partial charge in [-0.05, 0) is 31.7 Å². The fraction of sp³-hybridized carbons (Fsp3) is 0.533. The van der Waals surface area contributed by atoms with E-state index in [1.54, 1.807) is 0 Å². The SMILES string of the molecule is COC(=O)c1ccc(CN2CCN(C)C(C)C2)c(Br)c1. The standard InChI is InChI=1S/C15H21BrN2O2/c1-11-9-18(7-6-17(11)2)10-13-5-4-12(8-14(13)16)15(19)20-3/h4-5,8,11H,6-7,9-10H2,1-3H3. The maximum Gasteiger partial charge on any atom is 0.337 e. The van der Waals surface area contributed by atoms with E-state index in [4.69, 9.17) is 4.74 Å². The molecule has 1 aliphatic rings. The van der Waals surface area contributed by atoms with E-state index in [1.807, 2.05) is 18.2 Å². The Balaban J connectivity index is 2.05. The minimum atomic E-state index is -0.300. The van der Waals surface area contributed by atoms with Crippen LogP contribution in [-0.2, 0) is 11.3 Å². The first-order valence-corrected chi connectivity index (χ1v) is 7.60. The summed E-state index contributed by atoms with van der Waals surface area (Å²) in [7, 11) is 3.57. The number of rotatable bonds is 3. The van der Waals surface area contributed by atoms with Gasteiger partial charge >= 0.3 is 5.97 Å². The van der Waals surface area contributed by atoms with Gasteiger partial charge in [-0.25, -0.2) is 4.79 Å². The molecular weight excluding hydrogens is 320 g/mol. The predicted molar refractivity (Wildman–Crippen MR) is 82.9 cm³/mol. The van der Waals surface area contributed by atoms with E-state index in [9.17, 15) is 4.79 Å². The monoisotopic (exact) mass is 340 g/mol.